The van der Waals surface area contributed by atoms with Gasteiger partial charge in [0.2, 0.25) is 0 Å². The molecule has 0 aliphatic carbocycles. The topological polar surface area (TPSA) is 122 Å². The predicted molar refractivity (Wildman–Crippen MR) is 100 cm³/mol. The molecule has 2 atom stereocenters. The van der Waals surface area contributed by atoms with E-state index in [1.165, 1.54) is 4.31 Å². The second kappa shape index (κ2) is 8.26. The number of hydrogen-bond donors (Lipinski definition) is 2. The van der Waals surface area contributed by atoms with Gasteiger partial charge in [-0.15, -0.1) is 0 Å². The van der Waals surface area contributed by atoms with Crippen molar-refractivity contribution in [3.05, 3.63) is 17.5 Å². The van der Waals surface area contributed by atoms with Crippen molar-refractivity contribution in [2.45, 2.75) is 64.1 Å². The van der Waals surface area contributed by atoms with E-state index in [1.807, 2.05) is 13.8 Å². The summed E-state index contributed by atoms with van der Waals surface area (Å²) in [5.74, 6) is 0.382. The maximum atomic E-state index is 12.9. The van der Waals surface area contributed by atoms with E-state index in [9.17, 15) is 13.2 Å². The molecule has 9 nitrogen and oxygen atoms in total. The quantitative estimate of drug-likeness (QED) is 0.743. The number of nitrogens with one attached hydrogen (secondary N) is 1. The largest absolute Gasteiger partial charge is 0.361 e. The fraction of sp³-hybridized carbons (Fsp3) is 0.765. The molecule has 1 aromatic heterocycles. The van der Waals surface area contributed by atoms with Gasteiger partial charge in [-0.25, -0.2) is 0 Å². The third-order valence-corrected chi connectivity index (χ3v) is 7.56. The molecule has 0 saturated carbocycles. The van der Waals surface area contributed by atoms with Crippen LogP contribution in [0.4, 0.5) is 0 Å². The fourth-order valence-electron chi connectivity index (χ4n) is 3.73. The Morgan fingerprint density at radius 1 is 1.33 bits per heavy atom. The van der Waals surface area contributed by atoms with Gasteiger partial charge in [0.25, 0.3) is 16.1 Å². The zero-order valence-electron chi connectivity index (χ0n) is 15.9. The minimum absolute atomic E-state index is 0.0829. The molecule has 0 unspecified atom stereocenters. The molecule has 27 heavy (non-hydrogen) atoms. The molecule has 1 amide bonds. The van der Waals surface area contributed by atoms with Crippen LogP contribution in [0.1, 0.15) is 55.8 Å². The predicted octanol–water partition coefficient (Wildman–Crippen LogP) is 0.488. The summed E-state index contributed by atoms with van der Waals surface area (Å²) in [5.41, 5.74) is 6.14. The lowest BCUT2D eigenvalue weighted by Gasteiger charge is -2.40. The van der Waals surface area contributed by atoms with Gasteiger partial charge in [0.05, 0.1) is 0 Å². The highest BCUT2D eigenvalue weighted by molar-refractivity contribution is 7.86. The van der Waals surface area contributed by atoms with Crippen LogP contribution in [0.5, 0.6) is 0 Å². The first-order chi connectivity index (χ1) is 12.8. The molecule has 152 valence electrons. The average molecular weight is 400 g/mol. The molecular weight excluding hydrogens is 370 g/mol. The van der Waals surface area contributed by atoms with Crippen molar-refractivity contribution < 1.29 is 17.7 Å². The SMILES string of the molecule is CCc1cc(C(=O)N[C@H]2CCN(S(=O)(=O)N3CCC(N)CC3)[C@@H](C)C2)no1. The smallest absolute Gasteiger partial charge is 0.282 e. The van der Waals surface area contributed by atoms with E-state index >= 15 is 0 Å². The van der Waals surface area contributed by atoms with E-state index in [4.69, 9.17) is 10.3 Å². The van der Waals surface area contributed by atoms with Crippen LogP contribution in [-0.4, -0.2) is 65.9 Å². The summed E-state index contributed by atoms with van der Waals surface area (Å²) in [6, 6.07) is 1.45. The molecule has 2 aliphatic heterocycles. The second-order valence-electron chi connectivity index (χ2n) is 7.43. The number of nitrogens with two attached hydrogens (primary N) is 1. The van der Waals surface area contributed by atoms with Crippen LogP contribution in [0.15, 0.2) is 10.6 Å². The number of nitrogens with zero attached hydrogens (tertiary/aromatic N) is 3. The number of carbonyl (C=O) groups excluding carboxylic acids is 1. The molecule has 2 fully saturated rings. The summed E-state index contributed by atoms with van der Waals surface area (Å²) >= 11 is 0. The number of hydrogen-bond acceptors (Lipinski definition) is 6. The molecule has 2 aliphatic rings. The fourth-order valence-corrected chi connectivity index (χ4v) is 5.57. The van der Waals surface area contributed by atoms with Crippen LogP contribution < -0.4 is 11.1 Å². The summed E-state index contributed by atoms with van der Waals surface area (Å²) in [6.07, 6.45) is 3.20. The molecule has 0 radical (unpaired) electrons. The van der Waals surface area contributed by atoms with Gasteiger partial charge in [0, 0.05) is 50.2 Å². The maximum absolute atomic E-state index is 12.9. The van der Waals surface area contributed by atoms with Crippen molar-refractivity contribution in [3.63, 3.8) is 0 Å². The lowest BCUT2D eigenvalue weighted by atomic mass is 10.0. The van der Waals surface area contributed by atoms with E-state index in [0.29, 0.717) is 57.5 Å². The van der Waals surface area contributed by atoms with Crippen molar-refractivity contribution in [1.82, 2.24) is 19.1 Å². The van der Waals surface area contributed by atoms with Crippen LogP contribution in [0.25, 0.3) is 0 Å². The molecule has 3 N–H and O–H groups in total. The molecular formula is C17H29N5O4S. The summed E-state index contributed by atoms with van der Waals surface area (Å²) in [7, 11) is -3.49. The highest BCUT2D eigenvalue weighted by Gasteiger charge is 2.38. The Hall–Kier alpha value is -1.49. The molecule has 0 spiro atoms. The van der Waals surface area contributed by atoms with Crippen molar-refractivity contribution in [2.75, 3.05) is 19.6 Å². The molecule has 10 heteroatoms. The van der Waals surface area contributed by atoms with Crippen LogP contribution >= 0.6 is 0 Å². The minimum atomic E-state index is -3.49. The van der Waals surface area contributed by atoms with Gasteiger partial charge in [-0.05, 0) is 32.6 Å². The van der Waals surface area contributed by atoms with Crippen LogP contribution in [0.2, 0.25) is 0 Å². The Morgan fingerprint density at radius 3 is 2.63 bits per heavy atom. The van der Waals surface area contributed by atoms with Gasteiger partial charge in [-0.2, -0.15) is 17.0 Å². The second-order valence-corrected chi connectivity index (χ2v) is 9.31. The van der Waals surface area contributed by atoms with Crippen molar-refractivity contribution in [2.24, 2.45) is 5.73 Å². The monoisotopic (exact) mass is 399 g/mol. The van der Waals surface area contributed by atoms with Gasteiger partial charge < -0.3 is 15.6 Å². The third kappa shape index (κ3) is 4.50. The van der Waals surface area contributed by atoms with Crippen molar-refractivity contribution in [3.8, 4) is 0 Å². The Kier molecular flexibility index (Phi) is 6.19. The Morgan fingerprint density at radius 2 is 2.04 bits per heavy atom. The number of carbonyl (C=O) groups is 1. The number of rotatable bonds is 5. The van der Waals surface area contributed by atoms with Crippen molar-refractivity contribution in [1.29, 1.82) is 0 Å². The Bertz CT molecular complexity index is 757. The van der Waals surface area contributed by atoms with E-state index in [0.717, 1.165) is 0 Å². The first-order valence-corrected chi connectivity index (χ1v) is 11.0. The van der Waals surface area contributed by atoms with Crippen molar-refractivity contribution >= 4 is 16.1 Å². The van der Waals surface area contributed by atoms with Crippen LogP contribution in [-0.2, 0) is 16.6 Å². The zero-order valence-corrected chi connectivity index (χ0v) is 16.7. The van der Waals surface area contributed by atoms with Crippen LogP contribution in [0.3, 0.4) is 0 Å². The lowest BCUT2D eigenvalue weighted by molar-refractivity contribution is 0.0903. The van der Waals surface area contributed by atoms with E-state index in [1.54, 1.807) is 10.4 Å². The number of aryl methyl sites for hydroxylation is 1. The highest BCUT2D eigenvalue weighted by Crippen LogP contribution is 2.25. The summed E-state index contributed by atoms with van der Waals surface area (Å²) in [6.45, 7) is 5.14. The lowest BCUT2D eigenvalue weighted by Crippen LogP contribution is -2.56. The van der Waals surface area contributed by atoms with Crippen LogP contribution in [0, 0.1) is 0 Å². The maximum Gasteiger partial charge on any atom is 0.282 e. The Balaban J connectivity index is 1.57. The molecule has 0 aromatic carbocycles. The first-order valence-electron chi connectivity index (χ1n) is 9.60. The standard InChI is InChI=1S/C17H29N5O4S/c1-3-15-11-16(20-26-15)17(23)19-14-6-9-22(12(2)10-14)27(24,25)21-7-4-13(18)5-8-21/h11-14H,3-10,18H2,1-2H3,(H,19,23)/t12-,14-/m0/s1. The summed E-state index contributed by atoms with van der Waals surface area (Å²) in [4.78, 5) is 12.3. The van der Waals surface area contributed by atoms with E-state index < -0.39 is 10.2 Å². The van der Waals surface area contributed by atoms with Gasteiger partial charge in [0.1, 0.15) is 5.76 Å². The molecule has 3 heterocycles. The van der Waals surface area contributed by atoms with Gasteiger partial charge in [0.15, 0.2) is 5.69 Å². The molecule has 0 bridgehead atoms. The summed E-state index contributed by atoms with van der Waals surface area (Å²) < 4.78 is 34.0. The summed E-state index contributed by atoms with van der Waals surface area (Å²) in [5, 5.41) is 6.73. The minimum Gasteiger partial charge on any atom is -0.361 e. The molecule has 3 rings (SSSR count). The van der Waals surface area contributed by atoms with Gasteiger partial charge in [-0.1, -0.05) is 12.1 Å². The zero-order chi connectivity index (χ0) is 19.6. The van der Waals surface area contributed by atoms with E-state index in [2.05, 4.69) is 10.5 Å². The van der Waals surface area contributed by atoms with Gasteiger partial charge >= 0.3 is 0 Å². The third-order valence-electron chi connectivity index (χ3n) is 5.41. The molecule has 1 aromatic rings. The van der Waals surface area contributed by atoms with Gasteiger partial charge in [-0.3, -0.25) is 4.79 Å². The highest BCUT2D eigenvalue weighted by atomic mass is 32.2. The van der Waals surface area contributed by atoms with E-state index in [-0.39, 0.29) is 29.7 Å². The Labute approximate surface area is 160 Å². The molecule has 2 saturated heterocycles. The normalized spacial score (nSPS) is 26.2. The number of amides is 1. The first kappa shape index (κ1) is 20.2. The average Bonchev–Trinajstić information content (AvgIpc) is 3.11. The number of piperidine rings is 2. The number of aromatic nitrogens is 1.